The van der Waals surface area contributed by atoms with Crippen molar-refractivity contribution < 1.29 is 81.0 Å². The number of ether oxygens (including phenoxy) is 3. The number of carboxylic acids is 1. The fourth-order valence-corrected chi connectivity index (χ4v) is 1.36. The van der Waals surface area contributed by atoms with Crippen LogP contribution < -0.4 is 70.7 Å². The van der Waals surface area contributed by atoms with E-state index in [1.54, 1.807) is 0 Å². The van der Waals surface area contributed by atoms with Crippen LogP contribution in [0.15, 0.2) is 24.4 Å². The number of aromatic nitrogens is 3. The topological polar surface area (TPSA) is 138 Å². The van der Waals surface area contributed by atoms with E-state index in [0.717, 1.165) is 0 Å². The molecule has 0 saturated carbocycles. The number of nitrogens with zero attached hydrogens (tertiary/aromatic N) is 3. The molecule has 0 aromatic carbocycles. The van der Waals surface area contributed by atoms with E-state index < -0.39 is 5.97 Å². The number of pyridine rings is 1. The van der Waals surface area contributed by atoms with E-state index >= 15 is 0 Å². The molecular formula is C12H12KN3O6. The quantitative estimate of drug-likeness (QED) is 0.508. The average molecular weight is 333 g/mol. The van der Waals surface area contributed by atoms with Crippen molar-refractivity contribution in [1.29, 1.82) is 0 Å². The first kappa shape index (κ1) is 20.7. The summed E-state index contributed by atoms with van der Waals surface area (Å²) in [7, 11) is 2.84. The molecule has 2 rings (SSSR count). The van der Waals surface area contributed by atoms with Crippen molar-refractivity contribution in [2.45, 2.75) is 0 Å². The number of methoxy groups -OCH3 is 2. The van der Waals surface area contributed by atoms with Crippen LogP contribution in [0.3, 0.4) is 0 Å². The van der Waals surface area contributed by atoms with Gasteiger partial charge in [0.1, 0.15) is 5.69 Å². The maximum absolute atomic E-state index is 10.9. The molecule has 0 spiro atoms. The van der Waals surface area contributed by atoms with Crippen molar-refractivity contribution in [3.05, 3.63) is 30.1 Å². The van der Waals surface area contributed by atoms with Gasteiger partial charge in [-0.2, -0.15) is 9.97 Å². The van der Waals surface area contributed by atoms with Crippen molar-refractivity contribution in [1.82, 2.24) is 15.0 Å². The van der Waals surface area contributed by atoms with Crippen molar-refractivity contribution in [3.63, 3.8) is 0 Å². The van der Waals surface area contributed by atoms with Gasteiger partial charge in [0.15, 0.2) is 5.75 Å². The summed E-state index contributed by atoms with van der Waals surface area (Å²) in [6.45, 7) is 0. The molecule has 0 atom stereocenters. The molecule has 0 bridgehead atoms. The van der Waals surface area contributed by atoms with Crippen molar-refractivity contribution >= 4 is 5.97 Å². The van der Waals surface area contributed by atoms with Gasteiger partial charge in [-0.1, -0.05) is 0 Å². The molecule has 2 aromatic heterocycles. The fraction of sp³-hybridized carbons (Fsp3) is 0.167. The summed E-state index contributed by atoms with van der Waals surface area (Å²) in [5.74, 6) is -1.07. The summed E-state index contributed by atoms with van der Waals surface area (Å²) in [6.07, 6.45) is 1.31. The van der Waals surface area contributed by atoms with Gasteiger partial charge in [-0.15, -0.1) is 0 Å². The second-order valence-electron chi connectivity index (χ2n) is 3.47. The minimum absolute atomic E-state index is 0. The van der Waals surface area contributed by atoms with Crippen LogP contribution in [0.1, 0.15) is 10.5 Å². The molecule has 2 aromatic rings. The first-order valence-electron chi connectivity index (χ1n) is 5.45. The van der Waals surface area contributed by atoms with Gasteiger partial charge >= 0.3 is 57.4 Å². The summed E-state index contributed by atoms with van der Waals surface area (Å²) in [5.41, 5.74) is -0.349. The monoisotopic (exact) mass is 333 g/mol. The molecule has 10 heteroatoms. The van der Waals surface area contributed by atoms with E-state index in [1.807, 2.05) is 0 Å². The zero-order chi connectivity index (χ0) is 14.5. The summed E-state index contributed by atoms with van der Waals surface area (Å²) < 4.78 is 15.2. The van der Waals surface area contributed by atoms with Crippen molar-refractivity contribution in [2.24, 2.45) is 0 Å². The van der Waals surface area contributed by atoms with Gasteiger partial charge in [-0.25, -0.2) is 0 Å². The van der Waals surface area contributed by atoms with E-state index in [4.69, 9.17) is 14.2 Å². The molecule has 22 heavy (non-hydrogen) atoms. The second-order valence-corrected chi connectivity index (χ2v) is 3.47. The Morgan fingerprint density at radius 2 is 1.77 bits per heavy atom. The number of carboxylic acid groups (broad SMARTS) is 1. The maximum Gasteiger partial charge on any atom is 1.00 e. The number of carbonyl (C=O) groups excluding carboxylic acids is 1. The zero-order valence-electron chi connectivity index (χ0n) is 12.2. The molecule has 0 aliphatic carbocycles. The normalized spacial score (nSPS) is 9.00. The van der Waals surface area contributed by atoms with E-state index in [9.17, 15) is 9.90 Å². The Morgan fingerprint density at radius 3 is 2.27 bits per heavy atom. The third-order valence-electron chi connectivity index (χ3n) is 2.24. The van der Waals surface area contributed by atoms with Crippen LogP contribution in [0.4, 0.5) is 0 Å². The average Bonchev–Trinajstić information content (AvgIpc) is 2.47. The first-order valence-corrected chi connectivity index (χ1v) is 5.45. The molecule has 0 saturated heterocycles. The number of hydrogen-bond donors (Lipinski definition) is 0. The summed E-state index contributed by atoms with van der Waals surface area (Å²) in [4.78, 5) is 22.4. The predicted octanol–water partition coefficient (Wildman–Crippen LogP) is -3.78. The SMILES string of the molecule is COc1cc(OC)nc(Oc2cccnc2C(=O)[O-])n1.O.[K+]. The molecule has 0 unspecified atom stereocenters. The Morgan fingerprint density at radius 1 is 1.18 bits per heavy atom. The molecule has 2 heterocycles. The smallest absolute Gasteiger partial charge is 0.543 e. The molecular weight excluding hydrogens is 321 g/mol. The molecule has 9 nitrogen and oxygen atoms in total. The Kier molecular flexibility index (Phi) is 9.09. The third kappa shape index (κ3) is 5.16. The summed E-state index contributed by atoms with van der Waals surface area (Å²) in [6, 6.07) is 4.25. The molecule has 0 aliphatic rings. The van der Waals surface area contributed by atoms with Gasteiger partial charge in [0.05, 0.1) is 26.3 Å². The molecule has 0 amide bonds. The van der Waals surface area contributed by atoms with E-state index in [-0.39, 0.29) is 86.1 Å². The van der Waals surface area contributed by atoms with Crippen LogP contribution in [0, 0.1) is 0 Å². The minimum atomic E-state index is -1.46. The van der Waals surface area contributed by atoms with Crippen LogP contribution in [0.25, 0.3) is 0 Å². The minimum Gasteiger partial charge on any atom is -0.543 e. The van der Waals surface area contributed by atoms with Crippen LogP contribution in [0.2, 0.25) is 0 Å². The standard InChI is InChI=1S/C12H11N3O5.K.H2O/c1-18-8-6-9(19-2)15-12(14-8)20-7-4-3-5-13-10(7)11(16)17;;/h3-6H,1-2H3,(H,16,17);;1H2/q;+1;/p-1. The first-order chi connectivity index (χ1) is 9.63. The van der Waals surface area contributed by atoms with Crippen LogP contribution in [0.5, 0.6) is 23.5 Å². The number of aromatic carboxylic acids is 1. The van der Waals surface area contributed by atoms with E-state index in [0.29, 0.717) is 0 Å². The van der Waals surface area contributed by atoms with Gasteiger partial charge in [-0.3, -0.25) is 4.98 Å². The zero-order valence-corrected chi connectivity index (χ0v) is 15.3. The van der Waals surface area contributed by atoms with E-state index in [1.165, 1.54) is 38.6 Å². The number of hydrogen-bond acceptors (Lipinski definition) is 8. The van der Waals surface area contributed by atoms with Gasteiger partial charge < -0.3 is 29.6 Å². The van der Waals surface area contributed by atoms with Crippen LogP contribution in [-0.4, -0.2) is 40.6 Å². The molecule has 2 N–H and O–H groups in total. The van der Waals surface area contributed by atoms with Crippen LogP contribution in [-0.2, 0) is 0 Å². The van der Waals surface area contributed by atoms with E-state index in [2.05, 4.69) is 15.0 Å². The fourth-order valence-electron chi connectivity index (χ4n) is 1.36. The largest absolute Gasteiger partial charge is 1.00 e. The van der Waals surface area contributed by atoms with Gasteiger partial charge in [0.2, 0.25) is 11.8 Å². The van der Waals surface area contributed by atoms with Gasteiger partial charge in [-0.05, 0) is 12.1 Å². The Labute approximate surface area is 168 Å². The molecule has 0 aliphatic heterocycles. The summed E-state index contributed by atoms with van der Waals surface area (Å²) in [5, 5.41) is 10.9. The molecule has 0 radical (unpaired) electrons. The van der Waals surface area contributed by atoms with Crippen molar-refractivity contribution in [3.8, 4) is 23.5 Å². The van der Waals surface area contributed by atoms with Gasteiger partial charge in [0.25, 0.3) is 0 Å². The van der Waals surface area contributed by atoms with Gasteiger partial charge in [0, 0.05) is 6.20 Å². The second kappa shape index (κ2) is 9.66. The Hall–Kier alpha value is -1.30. The Balaban J connectivity index is 0.00000220. The Bertz CT molecular complexity index is 618. The molecule has 112 valence electrons. The summed E-state index contributed by atoms with van der Waals surface area (Å²) >= 11 is 0. The third-order valence-corrected chi connectivity index (χ3v) is 2.24. The number of rotatable bonds is 5. The van der Waals surface area contributed by atoms with Crippen LogP contribution >= 0.6 is 0 Å². The predicted molar refractivity (Wildman–Crippen MR) is 67.4 cm³/mol. The van der Waals surface area contributed by atoms with Crippen molar-refractivity contribution in [2.75, 3.05) is 14.2 Å². The number of carbonyl (C=O) groups is 1. The molecule has 0 fully saturated rings. The maximum atomic E-state index is 10.9.